The van der Waals surface area contributed by atoms with E-state index >= 15 is 0 Å². The van der Waals surface area contributed by atoms with Crippen LogP contribution in [0.4, 0.5) is 0 Å². The van der Waals surface area contributed by atoms with Crippen LogP contribution in [0.15, 0.2) is 82.0 Å². The molecule has 0 aliphatic carbocycles. The Morgan fingerprint density at radius 1 is 0.914 bits per heavy atom. The topological polar surface area (TPSA) is 74.7 Å². The first-order chi connectivity index (χ1) is 17.0. The lowest BCUT2D eigenvalue weighted by Gasteiger charge is -2.13. The molecule has 0 amide bonds. The summed E-state index contributed by atoms with van der Waals surface area (Å²) in [6.45, 7) is 5.41. The van der Waals surface area contributed by atoms with Gasteiger partial charge in [-0.05, 0) is 17.9 Å². The normalized spacial score (nSPS) is 11.5. The largest absolute Gasteiger partial charge is 0.333 e. The van der Waals surface area contributed by atoms with E-state index in [9.17, 15) is 9.59 Å². The molecule has 3 aromatic heterocycles. The number of aryl methyl sites for hydroxylation is 1. The highest BCUT2D eigenvalue weighted by molar-refractivity contribution is 7.13. The Kier molecular flexibility index (Phi) is 6.46. The zero-order valence-corrected chi connectivity index (χ0v) is 20.6. The first-order valence-electron chi connectivity index (χ1n) is 11.7. The van der Waals surface area contributed by atoms with Crippen molar-refractivity contribution in [2.45, 2.75) is 39.9 Å². The fraction of sp³-hybridized carbons (Fsp3) is 0.259. The quantitative estimate of drug-likeness (QED) is 0.321. The summed E-state index contributed by atoms with van der Waals surface area (Å²) >= 11 is 1.51. The van der Waals surface area contributed by atoms with E-state index in [1.807, 2.05) is 70.6 Å². The molecule has 8 heteroatoms. The van der Waals surface area contributed by atoms with Crippen LogP contribution in [0.25, 0.3) is 21.7 Å². The lowest BCUT2D eigenvalue weighted by molar-refractivity contribution is 0.520. The molecule has 178 valence electrons. The van der Waals surface area contributed by atoms with Gasteiger partial charge in [0.15, 0.2) is 11.2 Å². The molecule has 0 atom stereocenters. The van der Waals surface area contributed by atoms with Crippen LogP contribution in [0.2, 0.25) is 0 Å². The zero-order chi connectivity index (χ0) is 24.4. The standard InChI is InChI=1S/C27H27N5O2S/c1-19(2)13-14-30-18-28-24-23(30)26(33)32(27(34)31(24)15-20-9-5-3-6-10-20)16-22-17-35-25(29-22)21-11-7-4-8-12-21/h3-12,17-19H,13-16H2,1-2H3. The number of hydrogen-bond acceptors (Lipinski definition) is 5. The number of rotatable bonds is 8. The molecule has 0 N–H and O–H groups in total. The fourth-order valence-electron chi connectivity index (χ4n) is 4.11. The van der Waals surface area contributed by atoms with Gasteiger partial charge in [0.25, 0.3) is 5.56 Å². The van der Waals surface area contributed by atoms with Crippen molar-refractivity contribution in [1.82, 2.24) is 23.7 Å². The summed E-state index contributed by atoms with van der Waals surface area (Å²) in [4.78, 5) is 36.5. The Hall–Kier alpha value is -3.78. The Labute approximate surface area is 207 Å². The first-order valence-corrected chi connectivity index (χ1v) is 12.6. The lowest BCUT2D eigenvalue weighted by atomic mass is 10.1. The predicted molar refractivity (Wildman–Crippen MR) is 140 cm³/mol. The molecule has 0 fully saturated rings. The Balaban J connectivity index is 1.61. The SMILES string of the molecule is CC(C)CCn1cnc2c1c(=O)n(Cc1csc(-c3ccccc3)n1)c(=O)n2Cc1ccccc1. The van der Waals surface area contributed by atoms with Gasteiger partial charge in [0.05, 0.1) is 25.1 Å². The van der Waals surface area contributed by atoms with Crippen LogP contribution in [0.3, 0.4) is 0 Å². The van der Waals surface area contributed by atoms with Gasteiger partial charge >= 0.3 is 5.69 Å². The fourth-order valence-corrected chi connectivity index (χ4v) is 4.93. The van der Waals surface area contributed by atoms with Crippen molar-refractivity contribution >= 4 is 22.5 Å². The monoisotopic (exact) mass is 485 g/mol. The van der Waals surface area contributed by atoms with Crippen molar-refractivity contribution in [3.8, 4) is 10.6 Å². The summed E-state index contributed by atoms with van der Waals surface area (Å²) < 4.78 is 4.77. The van der Waals surface area contributed by atoms with E-state index in [0.29, 0.717) is 35.9 Å². The van der Waals surface area contributed by atoms with Crippen LogP contribution in [0.1, 0.15) is 31.5 Å². The van der Waals surface area contributed by atoms with E-state index in [4.69, 9.17) is 4.98 Å². The molecule has 0 spiro atoms. The van der Waals surface area contributed by atoms with E-state index < -0.39 is 0 Å². The van der Waals surface area contributed by atoms with Crippen molar-refractivity contribution < 1.29 is 0 Å². The lowest BCUT2D eigenvalue weighted by Crippen LogP contribution is -2.41. The van der Waals surface area contributed by atoms with Crippen molar-refractivity contribution in [2.24, 2.45) is 5.92 Å². The second kappa shape index (κ2) is 9.84. The van der Waals surface area contributed by atoms with E-state index in [-0.39, 0.29) is 17.8 Å². The maximum absolute atomic E-state index is 13.6. The van der Waals surface area contributed by atoms with E-state index in [0.717, 1.165) is 22.6 Å². The Morgan fingerprint density at radius 3 is 2.34 bits per heavy atom. The summed E-state index contributed by atoms with van der Waals surface area (Å²) in [6, 6.07) is 19.7. The molecule has 5 rings (SSSR count). The van der Waals surface area contributed by atoms with E-state index in [2.05, 4.69) is 18.8 Å². The average Bonchev–Trinajstić information content (AvgIpc) is 3.52. The summed E-state index contributed by atoms with van der Waals surface area (Å²) in [5.74, 6) is 0.483. The molecule has 0 aliphatic heterocycles. The van der Waals surface area contributed by atoms with Gasteiger partial charge in [-0.15, -0.1) is 11.3 Å². The number of thiazole rings is 1. The van der Waals surface area contributed by atoms with Crippen LogP contribution in [0.5, 0.6) is 0 Å². The molecule has 3 heterocycles. The number of imidazole rings is 1. The van der Waals surface area contributed by atoms with Gasteiger partial charge in [-0.1, -0.05) is 74.5 Å². The number of nitrogens with zero attached hydrogens (tertiary/aromatic N) is 5. The van der Waals surface area contributed by atoms with Crippen molar-refractivity contribution in [3.63, 3.8) is 0 Å². The minimum absolute atomic E-state index is 0.112. The van der Waals surface area contributed by atoms with Crippen LogP contribution in [-0.4, -0.2) is 23.7 Å². The highest BCUT2D eigenvalue weighted by Gasteiger charge is 2.19. The number of benzene rings is 2. The summed E-state index contributed by atoms with van der Waals surface area (Å²) in [5.41, 5.74) is 2.84. The number of fused-ring (bicyclic) bond motifs is 1. The predicted octanol–water partition coefficient (Wildman–Crippen LogP) is 4.63. The third kappa shape index (κ3) is 4.74. The third-order valence-corrected chi connectivity index (χ3v) is 6.95. The van der Waals surface area contributed by atoms with E-state index in [1.54, 1.807) is 10.9 Å². The molecule has 0 radical (unpaired) electrons. The van der Waals surface area contributed by atoms with Gasteiger partial charge in [-0.2, -0.15) is 0 Å². The minimum Gasteiger partial charge on any atom is -0.325 e. The van der Waals surface area contributed by atoms with Gasteiger partial charge in [-0.3, -0.25) is 13.9 Å². The zero-order valence-electron chi connectivity index (χ0n) is 19.8. The maximum Gasteiger partial charge on any atom is 0.333 e. The second-order valence-electron chi connectivity index (χ2n) is 9.05. The van der Waals surface area contributed by atoms with Crippen LogP contribution >= 0.6 is 11.3 Å². The van der Waals surface area contributed by atoms with Crippen LogP contribution in [0, 0.1) is 5.92 Å². The third-order valence-electron chi connectivity index (χ3n) is 6.01. The van der Waals surface area contributed by atoms with E-state index in [1.165, 1.54) is 15.9 Å². The maximum atomic E-state index is 13.6. The number of aromatic nitrogens is 5. The van der Waals surface area contributed by atoms with Gasteiger partial charge in [-0.25, -0.2) is 14.8 Å². The molecule has 35 heavy (non-hydrogen) atoms. The first kappa shape index (κ1) is 23.0. The van der Waals surface area contributed by atoms with Gasteiger partial charge < -0.3 is 4.57 Å². The molecule has 0 bridgehead atoms. The molecule has 2 aromatic carbocycles. The van der Waals surface area contributed by atoms with Crippen molar-refractivity contribution in [3.05, 3.63) is 104 Å². The average molecular weight is 486 g/mol. The molecule has 5 aromatic rings. The highest BCUT2D eigenvalue weighted by Crippen LogP contribution is 2.23. The highest BCUT2D eigenvalue weighted by atomic mass is 32.1. The number of hydrogen-bond donors (Lipinski definition) is 0. The minimum atomic E-state index is -0.380. The molecule has 0 saturated heterocycles. The Morgan fingerprint density at radius 2 is 1.63 bits per heavy atom. The summed E-state index contributed by atoms with van der Waals surface area (Å²) in [5, 5.41) is 2.78. The summed E-state index contributed by atoms with van der Waals surface area (Å²) in [6.07, 6.45) is 2.59. The molecule has 0 saturated carbocycles. The smallest absolute Gasteiger partial charge is 0.325 e. The van der Waals surface area contributed by atoms with Crippen molar-refractivity contribution in [2.75, 3.05) is 0 Å². The molecule has 0 aliphatic rings. The van der Waals surface area contributed by atoms with Gasteiger partial charge in [0.1, 0.15) is 5.01 Å². The Bertz CT molecular complexity index is 1560. The van der Waals surface area contributed by atoms with Gasteiger partial charge in [0, 0.05) is 17.5 Å². The van der Waals surface area contributed by atoms with Crippen molar-refractivity contribution in [1.29, 1.82) is 0 Å². The summed E-state index contributed by atoms with van der Waals surface area (Å²) in [7, 11) is 0. The molecule has 7 nitrogen and oxygen atoms in total. The van der Waals surface area contributed by atoms with Gasteiger partial charge in [0.2, 0.25) is 0 Å². The van der Waals surface area contributed by atoms with Crippen LogP contribution < -0.4 is 11.2 Å². The van der Waals surface area contributed by atoms with Crippen LogP contribution in [-0.2, 0) is 19.6 Å². The molecular formula is C27H27N5O2S. The molecular weight excluding hydrogens is 458 g/mol. The molecule has 0 unspecified atom stereocenters. The second-order valence-corrected chi connectivity index (χ2v) is 9.91.